The van der Waals surface area contributed by atoms with Crippen LogP contribution < -0.4 is 5.32 Å². The predicted octanol–water partition coefficient (Wildman–Crippen LogP) is 4.43. The Morgan fingerprint density at radius 1 is 1.21 bits per heavy atom. The summed E-state index contributed by atoms with van der Waals surface area (Å²) in [7, 11) is 0. The molecule has 1 aromatic rings. The third kappa shape index (κ3) is 4.74. The number of nitrogens with one attached hydrogen (secondary N) is 1. The number of piperidine rings is 1. The molecule has 0 radical (unpaired) electrons. The highest BCUT2D eigenvalue weighted by Crippen LogP contribution is 2.30. The minimum absolute atomic E-state index is 0. The van der Waals surface area contributed by atoms with E-state index in [2.05, 4.69) is 23.2 Å². The van der Waals surface area contributed by atoms with Crippen molar-refractivity contribution in [2.45, 2.75) is 70.8 Å². The van der Waals surface area contributed by atoms with Gasteiger partial charge in [0.2, 0.25) is 0 Å². The van der Waals surface area contributed by atoms with Gasteiger partial charge in [0.1, 0.15) is 0 Å². The Hall–Kier alpha value is -0.580. The molecule has 136 valence electrons. The molecule has 1 aliphatic heterocycles. The summed E-state index contributed by atoms with van der Waals surface area (Å²) in [6.45, 7) is 5.15. The van der Waals surface area contributed by atoms with Crippen molar-refractivity contribution in [1.82, 2.24) is 10.2 Å². The summed E-state index contributed by atoms with van der Waals surface area (Å²) in [5.74, 6) is 0.287. The van der Waals surface area contributed by atoms with Gasteiger partial charge in [-0.1, -0.05) is 19.8 Å². The van der Waals surface area contributed by atoms with E-state index in [0.717, 1.165) is 43.8 Å². The first-order valence-corrected chi connectivity index (χ1v) is 10.2. The first-order chi connectivity index (χ1) is 11.3. The SMILES string of the molecule is CCCN(C(=O)c1cc2c(s1)CCCCCC2)C1CCNCC1.Cl. The second-order valence-electron chi connectivity index (χ2n) is 6.95. The molecule has 0 spiro atoms. The molecule has 0 saturated carbocycles. The van der Waals surface area contributed by atoms with Gasteiger partial charge < -0.3 is 10.2 Å². The number of hydrogen-bond donors (Lipinski definition) is 1. The third-order valence-electron chi connectivity index (χ3n) is 5.18. The van der Waals surface area contributed by atoms with Gasteiger partial charge in [-0.05, 0) is 69.7 Å². The minimum Gasteiger partial charge on any atom is -0.335 e. The molecule has 24 heavy (non-hydrogen) atoms. The van der Waals surface area contributed by atoms with Crippen LogP contribution in [0.15, 0.2) is 6.07 Å². The molecule has 1 aromatic heterocycles. The number of rotatable bonds is 4. The van der Waals surface area contributed by atoms with E-state index >= 15 is 0 Å². The van der Waals surface area contributed by atoms with Crippen molar-refractivity contribution in [2.75, 3.05) is 19.6 Å². The van der Waals surface area contributed by atoms with E-state index in [0.29, 0.717) is 6.04 Å². The van der Waals surface area contributed by atoms with Gasteiger partial charge in [-0.15, -0.1) is 23.7 Å². The zero-order chi connectivity index (χ0) is 16.1. The number of carbonyl (C=O) groups excluding carboxylic acids is 1. The van der Waals surface area contributed by atoms with Gasteiger partial charge in [0.25, 0.3) is 5.91 Å². The highest BCUT2D eigenvalue weighted by atomic mass is 35.5. The Morgan fingerprint density at radius 3 is 2.62 bits per heavy atom. The number of thiophene rings is 1. The average molecular weight is 371 g/mol. The molecule has 1 amide bonds. The van der Waals surface area contributed by atoms with Gasteiger partial charge in [-0.3, -0.25) is 4.79 Å². The highest BCUT2D eigenvalue weighted by molar-refractivity contribution is 7.14. The lowest BCUT2D eigenvalue weighted by molar-refractivity contribution is 0.0647. The van der Waals surface area contributed by atoms with E-state index in [1.807, 2.05) is 0 Å². The first kappa shape index (κ1) is 19.7. The lowest BCUT2D eigenvalue weighted by Crippen LogP contribution is -2.46. The fourth-order valence-electron chi connectivity index (χ4n) is 3.90. The van der Waals surface area contributed by atoms with Gasteiger partial charge in [-0.2, -0.15) is 0 Å². The smallest absolute Gasteiger partial charge is 0.264 e. The summed E-state index contributed by atoms with van der Waals surface area (Å²) >= 11 is 1.78. The molecule has 2 aliphatic rings. The Bertz CT molecular complexity index is 500. The molecule has 1 N–H and O–H groups in total. The Kier molecular flexibility index (Phi) is 8.05. The number of nitrogens with zero attached hydrogens (tertiary/aromatic N) is 1. The maximum Gasteiger partial charge on any atom is 0.264 e. The van der Waals surface area contributed by atoms with E-state index in [1.165, 1.54) is 49.0 Å². The van der Waals surface area contributed by atoms with Crippen molar-refractivity contribution in [2.24, 2.45) is 0 Å². The monoisotopic (exact) mass is 370 g/mol. The molecule has 2 heterocycles. The van der Waals surface area contributed by atoms with Gasteiger partial charge >= 0.3 is 0 Å². The van der Waals surface area contributed by atoms with Crippen LogP contribution in [0.25, 0.3) is 0 Å². The lowest BCUT2D eigenvalue weighted by atomic mass is 9.99. The average Bonchev–Trinajstić information content (AvgIpc) is 2.95. The Morgan fingerprint density at radius 2 is 1.92 bits per heavy atom. The van der Waals surface area contributed by atoms with Crippen LogP contribution in [0.4, 0.5) is 0 Å². The van der Waals surface area contributed by atoms with Crippen LogP contribution in [-0.2, 0) is 12.8 Å². The van der Waals surface area contributed by atoms with Crippen molar-refractivity contribution in [3.63, 3.8) is 0 Å². The van der Waals surface area contributed by atoms with E-state index in [1.54, 1.807) is 11.3 Å². The van der Waals surface area contributed by atoms with E-state index in [-0.39, 0.29) is 18.3 Å². The van der Waals surface area contributed by atoms with Crippen LogP contribution in [0, 0.1) is 0 Å². The van der Waals surface area contributed by atoms with Gasteiger partial charge in [-0.25, -0.2) is 0 Å². The molecule has 5 heteroatoms. The first-order valence-electron chi connectivity index (χ1n) is 9.43. The van der Waals surface area contributed by atoms with Crippen LogP contribution >= 0.6 is 23.7 Å². The second-order valence-corrected chi connectivity index (χ2v) is 8.09. The highest BCUT2D eigenvalue weighted by Gasteiger charge is 2.27. The summed E-state index contributed by atoms with van der Waals surface area (Å²) in [6, 6.07) is 2.64. The molecule has 3 rings (SSSR count). The van der Waals surface area contributed by atoms with Crippen LogP contribution in [0.1, 0.15) is 72.0 Å². The van der Waals surface area contributed by atoms with Crippen LogP contribution in [-0.4, -0.2) is 36.5 Å². The standard InChI is InChI=1S/C19H30N2OS.ClH/c1-2-13-21(16-9-11-20-12-10-16)19(22)18-14-15-7-5-3-4-6-8-17(15)23-18;/h14,16,20H,2-13H2,1H3;1H. The van der Waals surface area contributed by atoms with Crippen molar-refractivity contribution < 1.29 is 4.79 Å². The van der Waals surface area contributed by atoms with Crippen molar-refractivity contribution >= 4 is 29.7 Å². The largest absolute Gasteiger partial charge is 0.335 e. The predicted molar refractivity (Wildman–Crippen MR) is 105 cm³/mol. The normalized spacial score (nSPS) is 18.9. The van der Waals surface area contributed by atoms with Crippen LogP contribution in [0.3, 0.4) is 0 Å². The van der Waals surface area contributed by atoms with E-state index in [4.69, 9.17) is 0 Å². The fourth-order valence-corrected chi connectivity index (χ4v) is 5.11. The molecule has 3 nitrogen and oxygen atoms in total. The zero-order valence-corrected chi connectivity index (χ0v) is 16.4. The Balaban J connectivity index is 0.00000208. The summed E-state index contributed by atoms with van der Waals surface area (Å²) in [5, 5.41) is 3.41. The van der Waals surface area contributed by atoms with E-state index in [9.17, 15) is 4.79 Å². The molecular formula is C19H31ClN2OS. The summed E-state index contributed by atoms with van der Waals surface area (Å²) < 4.78 is 0. The minimum atomic E-state index is 0. The Labute approximate surface area is 156 Å². The third-order valence-corrected chi connectivity index (χ3v) is 6.41. The molecular weight excluding hydrogens is 340 g/mol. The number of hydrogen-bond acceptors (Lipinski definition) is 3. The number of halogens is 1. The number of amides is 1. The number of fused-ring (bicyclic) bond motifs is 1. The lowest BCUT2D eigenvalue weighted by Gasteiger charge is -2.34. The molecule has 0 unspecified atom stereocenters. The topological polar surface area (TPSA) is 32.3 Å². The zero-order valence-electron chi connectivity index (χ0n) is 14.8. The molecule has 1 aliphatic carbocycles. The fraction of sp³-hybridized carbons (Fsp3) is 0.737. The van der Waals surface area contributed by atoms with Crippen molar-refractivity contribution in [1.29, 1.82) is 0 Å². The van der Waals surface area contributed by atoms with Crippen molar-refractivity contribution in [3.8, 4) is 0 Å². The second kappa shape index (κ2) is 9.79. The van der Waals surface area contributed by atoms with Crippen molar-refractivity contribution in [3.05, 3.63) is 21.4 Å². The molecule has 0 atom stereocenters. The number of aryl methyl sites for hydroxylation is 2. The maximum absolute atomic E-state index is 13.1. The van der Waals surface area contributed by atoms with Crippen LogP contribution in [0.5, 0.6) is 0 Å². The van der Waals surface area contributed by atoms with Crippen LogP contribution in [0.2, 0.25) is 0 Å². The maximum atomic E-state index is 13.1. The summed E-state index contributed by atoms with van der Waals surface area (Å²) in [6.07, 6.45) is 10.8. The quantitative estimate of drug-likeness (QED) is 0.850. The van der Waals surface area contributed by atoms with Gasteiger partial charge in [0.05, 0.1) is 4.88 Å². The van der Waals surface area contributed by atoms with Gasteiger partial charge in [0.15, 0.2) is 0 Å². The molecule has 0 aromatic carbocycles. The van der Waals surface area contributed by atoms with E-state index < -0.39 is 0 Å². The summed E-state index contributed by atoms with van der Waals surface area (Å²) in [5.41, 5.74) is 1.46. The molecule has 1 fully saturated rings. The number of carbonyl (C=O) groups is 1. The van der Waals surface area contributed by atoms with Gasteiger partial charge in [0, 0.05) is 17.5 Å². The molecule has 1 saturated heterocycles. The summed E-state index contributed by atoms with van der Waals surface area (Å²) in [4.78, 5) is 17.8. The molecule has 0 bridgehead atoms.